The maximum Gasteiger partial charge on any atom is 0.312 e. The lowest BCUT2D eigenvalue weighted by atomic mass is 10.2. The molecule has 0 saturated heterocycles. The number of carbonyl (C=O) groups excluding carboxylic acids is 1. The quantitative estimate of drug-likeness (QED) is 0.495. The number of fused-ring (bicyclic) bond motifs is 1. The second-order valence-corrected chi connectivity index (χ2v) is 5.89. The maximum atomic E-state index is 13.0. The summed E-state index contributed by atoms with van der Waals surface area (Å²) in [5.41, 5.74) is 1.68. The van der Waals surface area contributed by atoms with Crippen LogP contribution in [-0.2, 0) is 16.0 Å². The van der Waals surface area contributed by atoms with Crippen LogP contribution in [0, 0.1) is 5.82 Å². The minimum atomic E-state index is -0.739. The summed E-state index contributed by atoms with van der Waals surface area (Å²) in [6, 6.07) is 12.9. The smallest absolute Gasteiger partial charge is 0.312 e. The van der Waals surface area contributed by atoms with Crippen LogP contribution in [0.3, 0.4) is 0 Å². The zero-order valence-electron chi connectivity index (χ0n) is 14.3. The van der Waals surface area contributed by atoms with Crippen molar-refractivity contribution in [1.29, 1.82) is 0 Å². The number of benzene rings is 2. The Morgan fingerprint density at radius 3 is 2.74 bits per heavy atom. The Kier molecular flexibility index (Phi) is 4.37. The van der Waals surface area contributed by atoms with Gasteiger partial charge in [-0.05, 0) is 43.3 Å². The summed E-state index contributed by atoms with van der Waals surface area (Å²) >= 11 is 0. The van der Waals surface area contributed by atoms with Gasteiger partial charge in [0.05, 0.1) is 6.42 Å². The standard InChI is InChI=1S/C19H14FN3O4/c1-11(18-21-22-19(26-18)12-6-8-13(20)9-7-12)25-17(24)10-15-14-4-2-3-5-16(14)27-23-15/h2-9,11H,10H2,1H3/t11-/m1/s1. The number of para-hydroxylation sites is 1. The van der Waals surface area contributed by atoms with Crippen LogP contribution in [0.1, 0.15) is 24.6 Å². The molecule has 0 spiro atoms. The molecule has 0 N–H and O–H groups in total. The molecule has 0 fully saturated rings. The average Bonchev–Trinajstić information content (AvgIpc) is 3.30. The summed E-state index contributed by atoms with van der Waals surface area (Å²) in [6.45, 7) is 1.63. The predicted molar refractivity (Wildman–Crippen MR) is 91.9 cm³/mol. The number of rotatable bonds is 5. The lowest BCUT2D eigenvalue weighted by Crippen LogP contribution is -2.12. The molecule has 0 amide bonds. The van der Waals surface area contributed by atoms with Crippen LogP contribution in [-0.4, -0.2) is 21.3 Å². The Bertz CT molecular complexity index is 1090. The third-order valence-corrected chi connectivity index (χ3v) is 3.95. The number of hydrogen-bond acceptors (Lipinski definition) is 7. The summed E-state index contributed by atoms with van der Waals surface area (Å²) in [7, 11) is 0. The highest BCUT2D eigenvalue weighted by Crippen LogP contribution is 2.24. The Morgan fingerprint density at radius 1 is 1.15 bits per heavy atom. The molecule has 4 aromatic rings. The van der Waals surface area contributed by atoms with E-state index in [2.05, 4.69) is 15.4 Å². The van der Waals surface area contributed by atoms with Gasteiger partial charge in [-0.25, -0.2) is 4.39 Å². The second kappa shape index (κ2) is 6.99. The molecule has 0 aliphatic rings. The maximum absolute atomic E-state index is 13.0. The van der Waals surface area contributed by atoms with Gasteiger partial charge in [-0.15, -0.1) is 10.2 Å². The third kappa shape index (κ3) is 3.55. The van der Waals surface area contributed by atoms with E-state index < -0.39 is 12.1 Å². The van der Waals surface area contributed by atoms with E-state index >= 15 is 0 Å². The Labute approximate surface area is 152 Å². The first-order valence-electron chi connectivity index (χ1n) is 8.22. The fourth-order valence-corrected chi connectivity index (χ4v) is 2.60. The molecular formula is C19H14FN3O4. The summed E-state index contributed by atoms with van der Waals surface area (Å²) in [5, 5.41) is 12.5. The number of esters is 1. The van der Waals surface area contributed by atoms with Crippen molar-refractivity contribution >= 4 is 16.9 Å². The minimum Gasteiger partial charge on any atom is -0.452 e. The van der Waals surface area contributed by atoms with Gasteiger partial charge in [0.25, 0.3) is 5.89 Å². The van der Waals surface area contributed by atoms with Gasteiger partial charge >= 0.3 is 5.97 Å². The first-order chi connectivity index (χ1) is 13.1. The molecule has 7 nitrogen and oxygen atoms in total. The fraction of sp³-hybridized carbons (Fsp3) is 0.158. The number of hydrogen-bond donors (Lipinski definition) is 0. The van der Waals surface area contributed by atoms with Crippen molar-refractivity contribution in [1.82, 2.24) is 15.4 Å². The van der Waals surface area contributed by atoms with E-state index in [1.54, 1.807) is 13.0 Å². The zero-order chi connectivity index (χ0) is 18.8. The van der Waals surface area contributed by atoms with E-state index in [-0.39, 0.29) is 24.0 Å². The van der Waals surface area contributed by atoms with Crippen LogP contribution in [0.4, 0.5) is 4.39 Å². The van der Waals surface area contributed by atoms with Gasteiger partial charge in [-0.2, -0.15) is 0 Å². The fourth-order valence-electron chi connectivity index (χ4n) is 2.60. The first-order valence-corrected chi connectivity index (χ1v) is 8.22. The minimum absolute atomic E-state index is 0.0414. The zero-order valence-corrected chi connectivity index (χ0v) is 14.3. The monoisotopic (exact) mass is 367 g/mol. The molecule has 0 unspecified atom stereocenters. The van der Waals surface area contributed by atoms with Crippen LogP contribution in [0.25, 0.3) is 22.4 Å². The average molecular weight is 367 g/mol. The molecule has 0 aliphatic heterocycles. The summed E-state index contributed by atoms with van der Waals surface area (Å²) in [4.78, 5) is 12.2. The van der Waals surface area contributed by atoms with E-state index in [1.165, 1.54) is 24.3 Å². The predicted octanol–water partition coefficient (Wildman–Crippen LogP) is 3.86. The van der Waals surface area contributed by atoms with Crippen LogP contribution >= 0.6 is 0 Å². The molecule has 0 bridgehead atoms. The summed E-state index contributed by atoms with van der Waals surface area (Å²) in [5.74, 6) is -0.493. The van der Waals surface area contributed by atoms with Gasteiger partial charge in [-0.3, -0.25) is 4.79 Å². The Morgan fingerprint density at radius 2 is 1.93 bits per heavy atom. The highest BCUT2D eigenvalue weighted by atomic mass is 19.1. The molecule has 0 saturated carbocycles. The number of aromatic nitrogens is 3. The second-order valence-electron chi connectivity index (χ2n) is 5.89. The molecule has 27 heavy (non-hydrogen) atoms. The van der Waals surface area contributed by atoms with Crippen molar-refractivity contribution in [2.45, 2.75) is 19.4 Å². The van der Waals surface area contributed by atoms with Gasteiger partial charge in [-0.1, -0.05) is 17.3 Å². The van der Waals surface area contributed by atoms with E-state index in [4.69, 9.17) is 13.7 Å². The van der Waals surface area contributed by atoms with Crippen LogP contribution in [0.15, 0.2) is 57.5 Å². The van der Waals surface area contributed by atoms with Gasteiger partial charge in [0.15, 0.2) is 11.7 Å². The van der Waals surface area contributed by atoms with Crippen LogP contribution in [0.5, 0.6) is 0 Å². The number of halogens is 1. The number of carbonyl (C=O) groups is 1. The molecule has 4 rings (SSSR count). The van der Waals surface area contributed by atoms with Gasteiger partial charge < -0.3 is 13.7 Å². The normalized spacial score (nSPS) is 12.2. The Hall–Kier alpha value is -3.55. The highest BCUT2D eigenvalue weighted by Gasteiger charge is 2.21. The number of nitrogens with zero attached hydrogens (tertiary/aromatic N) is 3. The Balaban J connectivity index is 1.43. The topological polar surface area (TPSA) is 91.2 Å². The summed E-state index contributed by atoms with van der Waals surface area (Å²) in [6.07, 6.45) is -0.780. The molecule has 2 heterocycles. The molecule has 136 valence electrons. The van der Waals surface area contributed by atoms with Crippen LogP contribution in [0.2, 0.25) is 0 Å². The van der Waals surface area contributed by atoms with E-state index in [0.717, 1.165) is 5.39 Å². The van der Waals surface area contributed by atoms with E-state index in [9.17, 15) is 9.18 Å². The van der Waals surface area contributed by atoms with Crippen molar-refractivity contribution in [2.75, 3.05) is 0 Å². The van der Waals surface area contributed by atoms with E-state index in [1.807, 2.05) is 18.2 Å². The van der Waals surface area contributed by atoms with Crippen molar-refractivity contribution in [3.8, 4) is 11.5 Å². The van der Waals surface area contributed by atoms with Gasteiger partial charge in [0.1, 0.15) is 11.5 Å². The lowest BCUT2D eigenvalue weighted by Gasteiger charge is -2.08. The molecule has 2 aromatic heterocycles. The molecule has 1 atom stereocenters. The molecule has 0 radical (unpaired) electrons. The third-order valence-electron chi connectivity index (χ3n) is 3.95. The largest absolute Gasteiger partial charge is 0.452 e. The van der Waals surface area contributed by atoms with Crippen molar-refractivity contribution in [3.05, 3.63) is 65.9 Å². The van der Waals surface area contributed by atoms with E-state index in [0.29, 0.717) is 16.8 Å². The first kappa shape index (κ1) is 16.9. The lowest BCUT2D eigenvalue weighted by molar-refractivity contribution is -0.148. The summed E-state index contributed by atoms with van der Waals surface area (Å²) < 4.78 is 29.0. The SMILES string of the molecule is C[C@@H](OC(=O)Cc1noc2ccccc12)c1nnc(-c2ccc(F)cc2)o1. The molecule has 0 aliphatic carbocycles. The van der Waals surface area contributed by atoms with Crippen molar-refractivity contribution < 1.29 is 22.9 Å². The van der Waals surface area contributed by atoms with Crippen molar-refractivity contribution in [2.24, 2.45) is 0 Å². The molecule has 2 aromatic carbocycles. The molecular weight excluding hydrogens is 353 g/mol. The number of ether oxygens (including phenoxy) is 1. The van der Waals surface area contributed by atoms with Crippen molar-refractivity contribution in [3.63, 3.8) is 0 Å². The highest BCUT2D eigenvalue weighted by molar-refractivity contribution is 5.84. The van der Waals surface area contributed by atoms with Crippen LogP contribution < -0.4 is 0 Å². The van der Waals surface area contributed by atoms with Gasteiger partial charge in [0.2, 0.25) is 5.89 Å². The molecule has 8 heteroatoms. The van der Waals surface area contributed by atoms with Gasteiger partial charge in [0, 0.05) is 10.9 Å².